The summed E-state index contributed by atoms with van der Waals surface area (Å²) in [5.41, 5.74) is 2.29. The monoisotopic (exact) mass is 245 g/mol. The summed E-state index contributed by atoms with van der Waals surface area (Å²) in [5, 5.41) is 3.11. The van der Waals surface area contributed by atoms with E-state index in [0.29, 0.717) is 6.54 Å². The molecule has 4 heteroatoms. The Hall–Kier alpha value is -1.03. The van der Waals surface area contributed by atoms with E-state index in [1.165, 1.54) is 0 Å². The molecule has 0 saturated carbocycles. The van der Waals surface area contributed by atoms with Crippen LogP contribution in [0, 0.1) is 6.92 Å². The van der Waals surface area contributed by atoms with Crippen molar-refractivity contribution in [3.8, 4) is 0 Å². The number of halogens is 3. The van der Waals surface area contributed by atoms with E-state index >= 15 is 0 Å². The molecule has 1 aromatic rings. The molecule has 0 aliphatic rings. The second kappa shape index (κ2) is 6.05. The van der Waals surface area contributed by atoms with Crippen molar-refractivity contribution >= 4 is 0 Å². The summed E-state index contributed by atoms with van der Waals surface area (Å²) in [7, 11) is 0. The highest BCUT2D eigenvalue weighted by molar-refractivity contribution is 5.28. The van der Waals surface area contributed by atoms with Gasteiger partial charge in [-0.1, -0.05) is 24.3 Å². The van der Waals surface area contributed by atoms with Crippen molar-refractivity contribution in [3.63, 3.8) is 0 Å². The second-order valence-corrected chi connectivity index (χ2v) is 4.25. The van der Waals surface area contributed by atoms with E-state index in [1.54, 1.807) is 0 Å². The highest BCUT2D eigenvalue weighted by Crippen LogP contribution is 2.21. The Balaban J connectivity index is 2.36. The van der Waals surface area contributed by atoms with E-state index in [2.05, 4.69) is 5.32 Å². The molecule has 0 fully saturated rings. The van der Waals surface area contributed by atoms with Crippen LogP contribution in [0.25, 0.3) is 0 Å². The Morgan fingerprint density at radius 1 is 1.24 bits per heavy atom. The van der Waals surface area contributed by atoms with Gasteiger partial charge in [-0.15, -0.1) is 0 Å². The maximum atomic E-state index is 11.9. The molecular weight excluding hydrogens is 227 g/mol. The van der Waals surface area contributed by atoms with E-state index in [4.69, 9.17) is 0 Å². The van der Waals surface area contributed by atoms with Crippen molar-refractivity contribution in [2.24, 2.45) is 0 Å². The molecule has 1 aromatic carbocycles. The van der Waals surface area contributed by atoms with Gasteiger partial charge in [-0.2, -0.15) is 13.2 Å². The Labute approximate surface area is 100 Å². The molecule has 0 heterocycles. The molecule has 1 atom stereocenters. The minimum absolute atomic E-state index is 0.0874. The van der Waals surface area contributed by atoms with Gasteiger partial charge in [-0.05, 0) is 37.9 Å². The SMILES string of the molecule is Cc1ccccc1[C@@H](C)NCCCC(F)(F)F. The highest BCUT2D eigenvalue weighted by Gasteiger charge is 2.25. The summed E-state index contributed by atoms with van der Waals surface area (Å²) in [5.74, 6) is 0. The Morgan fingerprint density at radius 2 is 1.88 bits per heavy atom. The molecular formula is C13H18F3N. The van der Waals surface area contributed by atoms with Gasteiger partial charge < -0.3 is 5.32 Å². The third kappa shape index (κ3) is 5.22. The lowest BCUT2D eigenvalue weighted by Crippen LogP contribution is -2.22. The molecule has 96 valence electrons. The van der Waals surface area contributed by atoms with Crippen molar-refractivity contribution < 1.29 is 13.2 Å². The van der Waals surface area contributed by atoms with Crippen LogP contribution < -0.4 is 5.32 Å². The Kier molecular flexibility index (Phi) is 5.00. The van der Waals surface area contributed by atoms with Crippen LogP contribution in [-0.4, -0.2) is 12.7 Å². The standard InChI is InChI=1S/C13H18F3N/c1-10-6-3-4-7-12(10)11(2)17-9-5-8-13(14,15)16/h3-4,6-7,11,17H,5,8-9H2,1-2H3/t11-/m1/s1. The van der Waals surface area contributed by atoms with E-state index in [9.17, 15) is 13.2 Å². The number of hydrogen-bond donors (Lipinski definition) is 1. The molecule has 17 heavy (non-hydrogen) atoms. The average Bonchev–Trinajstić information content (AvgIpc) is 2.23. The van der Waals surface area contributed by atoms with Crippen LogP contribution >= 0.6 is 0 Å². The van der Waals surface area contributed by atoms with Crippen LogP contribution in [0.2, 0.25) is 0 Å². The molecule has 0 radical (unpaired) electrons. The molecule has 1 rings (SSSR count). The summed E-state index contributed by atoms with van der Waals surface area (Å²) in [6.45, 7) is 4.36. The minimum Gasteiger partial charge on any atom is -0.310 e. The highest BCUT2D eigenvalue weighted by atomic mass is 19.4. The molecule has 0 amide bonds. The van der Waals surface area contributed by atoms with Gasteiger partial charge in [0, 0.05) is 12.5 Å². The van der Waals surface area contributed by atoms with Gasteiger partial charge in [0.05, 0.1) is 0 Å². The van der Waals surface area contributed by atoms with Crippen LogP contribution in [0.3, 0.4) is 0 Å². The number of nitrogens with one attached hydrogen (secondary N) is 1. The van der Waals surface area contributed by atoms with Crippen molar-refractivity contribution in [1.29, 1.82) is 0 Å². The zero-order valence-electron chi connectivity index (χ0n) is 10.1. The topological polar surface area (TPSA) is 12.0 Å². The second-order valence-electron chi connectivity index (χ2n) is 4.25. The Morgan fingerprint density at radius 3 is 2.47 bits per heavy atom. The molecule has 1 nitrogen and oxygen atoms in total. The first-order valence-corrected chi connectivity index (χ1v) is 5.76. The molecule has 0 aromatic heterocycles. The van der Waals surface area contributed by atoms with Crippen LogP contribution in [-0.2, 0) is 0 Å². The van der Waals surface area contributed by atoms with E-state index in [-0.39, 0.29) is 12.5 Å². The van der Waals surface area contributed by atoms with Gasteiger partial charge in [0.15, 0.2) is 0 Å². The van der Waals surface area contributed by atoms with Crippen LogP contribution in [0.4, 0.5) is 13.2 Å². The first-order chi connectivity index (χ1) is 7.90. The zero-order valence-corrected chi connectivity index (χ0v) is 10.1. The van der Waals surface area contributed by atoms with Crippen molar-refractivity contribution in [3.05, 3.63) is 35.4 Å². The first-order valence-electron chi connectivity index (χ1n) is 5.76. The lowest BCUT2D eigenvalue weighted by molar-refractivity contribution is -0.135. The summed E-state index contributed by atoms with van der Waals surface area (Å²) in [4.78, 5) is 0. The number of rotatable bonds is 5. The fraction of sp³-hybridized carbons (Fsp3) is 0.538. The number of alkyl halides is 3. The lowest BCUT2D eigenvalue weighted by Gasteiger charge is -2.16. The summed E-state index contributed by atoms with van der Waals surface area (Å²) in [6.07, 6.45) is -4.65. The zero-order chi connectivity index (χ0) is 12.9. The maximum absolute atomic E-state index is 11.9. The summed E-state index contributed by atoms with van der Waals surface area (Å²) >= 11 is 0. The molecule has 0 aliphatic heterocycles. The van der Waals surface area contributed by atoms with Gasteiger partial charge in [0.1, 0.15) is 0 Å². The predicted octanol–water partition coefficient (Wildman–Crippen LogP) is 3.99. The third-order valence-corrected chi connectivity index (χ3v) is 2.74. The molecule has 0 bridgehead atoms. The van der Waals surface area contributed by atoms with Crippen molar-refractivity contribution in [1.82, 2.24) is 5.32 Å². The molecule has 0 saturated heterocycles. The van der Waals surface area contributed by atoms with Gasteiger partial charge >= 0.3 is 6.18 Å². The van der Waals surface area contributed by atoms with Crippen molar-refractivity contribution in [2.75, 3.05) is 6.54 Å². The predicted molar refractivity (Wildman–Crippen MR) is 62.9 cm³/mol. The van der Waals surface area contributed by atoms with Gasteiger partial charge in [-0.25, -0.2) is 0 Å². The lowest BCUT2D eigenvalue weighted by atomic mass is 10.0. The molecule has 1 N–H and O–H groups in total. The van der Waals surface area contributed by atoms with Gasteiger partial charge in [0.2, 0.25) is 0 Å². The fourth-order valence-corrected chi connectivity index (χ4v) is 1.79. The summed E-state index contributed by atoms with van der Waals surface area (Å²) in [6, 6.07) is 7.98. The van der Waals surface area contributed by atoms with Gasteiger partial charge in [-0.3, -0.25) is 0 Å². The molecule has 0 aliphatic carbocycles. The summed E-state index contributed by atoms with van der Waals surface area (Å²) < 4.78 is 35.8. The fourth-order valence-electron chi connectivity index (χ4n) is 1.79. The maximum Gasteiger partial charge on any atom is 0.389 e. The average molecular weight is 245 g/mol. The van der Waals surface area contributed by atoms with Crippen LogP contribution in [0.1, 0.15) is 36.9 Å². The van der Waals surface area contributed by atoms with Crippen LogP contribution in [0.5, 0.6) is 0 Å². The number of hydrogen-bond acceptors (Lipinski definition) is 1. The van der Waals surface area contributed by atoms with Crippen molar-refractivity contribution in [2.45, 2.75) is 38.9 Å². The number of benzene rings is 1. The quantitative estimate of drug-likeness (QED) is 0.773. The minimum atomic E-state index is -4.05. The smallest absolute Gasteiger partial charge is 0.310 e. The molecule has 0 spiro atoms. The third-order valence-electron chi connectivity index (χ3n) is 2.74. The number of aryl methyl sites for hydroxylation is 1. The van der Waals surface area contributed by atoms with Gasteiger partial charge in [0.25, 0.3) is 0 Å². The Bertz CT molecular complexity index is 347. The van der Waals surface area contributed by atoms with Crippen LogP contribution in [0.15, 0.2) is 24.3 Å². The van der Waals surface area contributed by atoms with E-state index in [1.807, 2.05) is 38.1 Å². The first kappa shape index (κ1) is 14.0. The normalized spacial score (nSPS) is 13.7. The molecule has 0 unspecified atom stereocenters. The van der Waals surface area contributed by atoms with E-state index < -0.39 is 12.6 Å². The largest absolute Gasteiger partial charge is 0.389 e. The van der Waals surface area contributed by atoms with E-state index in [0.717, 1.165) is 11.1 Å².